The minimum atomic E-state index is -0.211. The van der Waals surface area contributed by atoms with Crippen LogP contribution in [0.5, 0.6) is 0 Å². The molecular formula is C54H42N2. The van der Waals surface area contributed by atoms with Crippen molar-refractivity contribution in [2.75, 3.05) is 4.90 Å². The van der Waals surface area contributed by atoms with Gasteiger partial charge in [-0.1, -0.05) is 143 Å². The Morgan fingerprint density at radius 3 is 1.61 bits per heavy atom. The third-order valence-corrected chi connectivity index (χ3v) is 12.8. The van der Waals surface area contributed by atoms with Gasteiger partial charge in [0.1, 0.15) is 0 Å². The first-order valence-electron chi connectivity index (χ1n) is 19.8. The molecule has 8 aromatic carbocycles. The summed E-state index contributed by atoms with van der Waals surface area (Å²) in [6.45, 7) is 9.52. The van der Waals surface area contributed by atoms with Gasteiger partial charge >= 0.3 is 0 Å². The molecule has 0 spiro atoms. The molecule has 0 unspecified atom stereocenters. The maximum Gasteiger partial charge on any atom is 0.0544 e. The summed E-state index contributed by atoms with van der Waals surface area (Å²) < 4.78 is 2.45. The Morgan fingerprint density at radius 1 is 0.357 bits per heavy atom. The van der Waals surface area contributed by atoms with E-state index in [1.165, 1.54) is 94.5 Å². The van der Waals surface area contributed by atoms with E-state index in [-0.39, 0.29) is 10.8 Å². The summed E-state index contributed by atoms with van der Waals surface area (Å²) in [5.41, 5.74) is 20.1. The summed E-state index contributed by atoms with van der Waals surface area (Å²) in [4.78, 5) is 2.44. The minimum absolute atomic E-state index is 0.0807. The fourth-order valence-corrected chi connectivity index (χ4v) is 9.89. The largest absolute Gasteiger partial charge is 0.310 e. The highest BCUT2D eigenvalue weighted by Gasteiger charge is 2.38. The molecule has 268 valence electrons. The predicted octanol–water partition coefficient (Wildman–Crippen LogP) is 14.5. The Kier molecular flexibility index (Phi) is 6.98. The average molecular weight is 719 g/mol. The van der Waals surface area contributed by atoms with Crippen LogP contribution in [-0.2, 0) is 10.8 Å². The van der Waals surface area contributed by atoms with Crippen molar-refractivity contribution in [1.29, 1.82) is 0 Å². The third kappa shape index (κ3) is 4.69. The van der Waals surface area contributed by atoms with Gasteiger partial charge in [0, 0.05) is 44.4 Å². The molecule has 0 atom stereocenters. The fourth-order valence-electron chi connectivity index (χ4n) is 9.89. The highest BCUT2D eigenvalue weighted by Crippen LogP contribution is 2.54. The molecule has 56 heavy (non-hydrogen) atoms. The molecule has 9 aromatic rings. The molecule has 2 heteroatoms. The summed E-state index contributed by atoms with van der Waals surface area (Å²) in [7, 11) is 0. The summed E-state index contributed by atoms with van der Waals surface area (Å²) in [6, 6.07) is 67.4. The Balaban J connectivity index is 1.05. The molecule has 1 heterocycles. The summed E-state index contributed by atoms with van der Waals surface area (Å²) >= 11 is 0. The maximum absolute atomic E-state index is 2.48. The standard InChI is InChI=1S/C54H42N2/c1-53(2)47-21-13-11-19-41(47)42-29-27-39(31-48(42)53)55(37-17-9-6-10-18-37)40-28-30-43-45-33-46-44-20-12-14-22-51(44)56(52(46)34-50(45)54(3,4)49(43)32-40)38-25-23-36(24-26-38)35-15-7-5-8-16-35/h5-34H,1-4H3. The van der Waals surface area contributed by atoms with Crippen LogP contribution in [-0.4, -0.2) is 4.57 Å². The van der Waals surface area contributed by atoms with Crippen LogP contribution >= 0.6 is 0 Å². The number of hydrogen-bond donors (Lipinski definition) is 0. The van der Waals surface area contributed by atoms with E-state index in [0.29, 0.717) is 0 Å². The van der Waals surface area contributed by atoms with E-state index in [0.717, 1.165) is 5.69 Å². The van der Waals surface area contributed by atoms with Crippen LogP contribution in [0, 0.1) is 0 Å². The van der Waals surface area contributed by atoms with Crippen molar-refractivity contribution in [3.8, 4) is 39.1 Å². The summed E-state index contributed by atoms with van der Waals surface area (Å²) in [6.07, 6.45) is 0. The lowest BCUT2D eigenvalue weighted by molar-refractivity contribution is 0.660. The molecule has 0 amide bonds. The third-order valence-electron chi connectivity index (χ3n) is 12.8. The number of fused-ring (bicyclic) bond motifs is 9. The summed E-state index contributed by atoms with van der Waals surface area (Å²) in [5.74, 6) is 0. The zero-order chi connectivity index (χ0) is 37.8. The number of anilines is 3. The molecule has 2 nitrogen and oxygen atoms in total. The van der Waals surface area contributed by atoms with Gasteiger partial charge in [0.15, 0.2) is 0 Å². The average Bonchev–Trinajstić information content (AvgIpc) is 3.77. The zero-order valence-corrected chi connectivity index (χ0v) is 32.2. The van der Waals surface area contributed by atoms with Crippen LogP contribution in [0.15, 0.2) is 182 Å². The lowest BCUT2D eigenvalue weighted by Crippen LogP contribution is -2.18. The second-order valence-corrected chi connectivity index (χ2v) is 16.6. The lowest BCUT2D eigenvalue weighted by Gasteiger charge is -2.29. The van der Waals surface area contributed by atoms with Crippen molar-refractivity contribution in [3.05, 3.63) is 204 Å². The number of aromatic nitrogens is 1. The van der Waals surface area contributed by atoms with Crippen molar-refractivity contribution >= 4 is 38.9 Å². The van der Waals surface area contributed by atoms with Crippen molar-refractivity contribution in [2.24, 2.45) is 0 Å². The molecule has 0 radical (unpaired) electrons. The minimum Gasteiger partial charge on any atom is -0.310 e. The Morgan fingerprint density at radius 2 is 0.893 bits per heavy atom. The smallest absolute Gasteiger partial charge is 0.0544 e. The van der Waals surface area contributed by atoms with Gasteiger partial charge in [-0.15, -0.1) is 0 Å². The quantitative estimate of drug-likeness (QED) is 0.172. The van der Waals surface area contributed by atoms with Crippen LogP contribution in [0.25, 0.3) is 60.9 Å². The topological polar surface area (TPSA) is 8.17 Å². The van der Waals surface area contributed by atoms with Crippen LogP contribution < -0.4 is 4.90 Å². The number of para-hydroxylation sites is 2. The van der Waals surface area contributed by atoms with E-state index in [2.05, 4.69) is 219 Å². The molecule has 1 aromatic heterocycles. The monoisotopic (exact) mass is 718 g/mol. The molecule has 0 fully saturated rings. The van der Waals surface area contributed by atoms with Gasteiger partial charge in [0.05, 0.1) is 11.0 Å². The zero-order valence-electron chi connectivity index (χ0n) is 32.2. The van der Waals surface area contributed by atoms with Crippen molar-refractivity contribution < 1.29 is 0 Å². The molecule has 0 aliphatic heterocycles. The molecular weight excluding hydrogens is 677 g/mol. The molecule has 2 aliphatic carbocycles. The Labute approximate surface area is 328 Å². The molecule has 0 N–H and O–H groups in total. The molecule has 0 bridgehead atoms. The second kappa shape index (κ2) is 11.9. The number of benzene rings is 8. The number of nitrogens with zero attached hydrogens (tertiary/aromatic N) is 2. The van der Waals surface area contributed by atoms with Gasteiger partial charge in [0.2, 0.25) is 0 Å². The first kappa shape index (κ1) is 32.8. The van der Waals surface area contributed by atoms with Crippen LogP contribution in [0.3, 0.4) is 0 Å². The first-order chi connectivity index (χ1) is 27.3. The van der Waals surface area contributed by atoms with Gasteiger partial charge in [-0.25, -0.2) is 0 Å². The highest BCUT2D eigenvalue weighted by atomic mass is 15.1. The van der Waals surface area contributed by atoms with Crippen molar-refractivity contribution in [2.45, 2.75) is 38.5 Å². The Bertz CT molecular complexity index is 3000. The Hall–Kier alpha value is -6.64. The SMILES string of the molecule is CC1(C)c2ccccc2-c2ccc(N(c3ccccc3)c3ccc4c(c3)C(C)(C)c3cc5c(cc3-4)c3ccccc3n5-c3ccc(-c4ccccc4)cc3)cc21. The second-order valence-electron chi connectivity index (χ2n) is 16.6. The predicted molar refractivity (Wildman–Crippen MR) is 236 cm³/mol. The first-order valence-corrected chi connectivity index (χ1v) is 19.8. The number of rotatable bonds is 5. The van der Waals surface area contributed by atoms with E-state index in [1.807, 2.05) is 0 Å². The molecule has 2 aliphatic rings. The van der Waals surface area contributed by atoms with E-state index >= 15 is 0 Å². The maximum atomic E-state index is 2.48. The highest BCUT2D eigenvalue weighted by molar-refractivity contribution is 6.11. The van der Waals surface area contributed by atoms with Crippen molar-refractivity contribution in [3.63, 3.8) is 0 Å². The normalized spacial score (nSPS) is 14.4. The molecule has 0 saturated carbocycles. The van der Waals surface area contributed by atoms with Gasteiger partial charge in [-0.3, -0.25) is 0 Å². The van der Waals surface area contributed by atoms with Crippen LogP contribution in [0.1, 0.15) is 49.9 Å². The molecule has 11 rings (SSSR count). The van der Waals surface area contributed by atoms with Gasteiger partial charge in [-0.2, -0.15) is 0 Å². The number of hydrogen-bond acceptors (Lipinski definition) is 1. The van der Waals surface area contributed by atoms with Crippen LogP contribution in [0.4, 0.5) is 17.1 Å². The molecule has 0 saturated heterocycles. The van der Waals surface area contributed by atoms with E-state index in [1.54, 1.807) is 0 Å². The van der Waals surface area contributed by atoms with Crippen molar-refractivity contribution in [1.82, 2.24) is 4.57 Å². The van der Waals surface area contributed by atoms with Gasteiger partial charge in [-0.05, 0) is 122 Å². The van der Waals surface area contributed by atoms with E-state index in [9.17, 15) is 0 Å². The van der Waals surface area contributed by atoms with Gasteiger partial charge < -0.3 is 9.47 Å². The summed E-state index contributed by atoms with van der Waals surface area (Å²) in [5, 5.41) is 2.56. The van der Waals surface area contributed by atoms with E-state index < -0.39 is 0 Å². The lowest BCUT2D eigenvalue weighted by atomic mass is 9.82. The van der Waals surface area contributed by atoms with E-state index in [4.69, 9.17) is 0 Å². The fraction of sp³-hybridized carbons (Fsp3) is 0.111. The van der Waals surface area contributed by atoms with Crippen LogP contribution in [0.2, 0.25) is 0 Å². The van der Waals surface area contributed by atoms with Gasteiger partial charge in [0.25, 0.3) is 0 Å².